The molecule has 6 nitrogen and oxygen atoms in total. The van der Waals surface area contributed by atoms with Crippen molar-refractivity contribution in [2.75, 3.05) is 52.5 Å². The van der Waals surface area contributed by atoms with E-state index in [0.29, 0.717) is 18.6 Å². The van der Waals surface area contributed by atoms with Crippen molar-refractivity contribution in [2.45, 2.75) is 44.3 Å². The first-order valence-corrected chi connectivity index (χ1v) is 8.48. The second kappa shape index (κ2) is 6.43. The molecule has 0 spiro atoms. The molecule has 126 valence electrons. The van der Waals surface area contributed by atoms with Crippen LogP contribution in [0.1, 0.15) is 26.7 Å². The number of fused-ring (bicyclic) bond motifs is 1. The molecular formula is C16H29N3O3. The minimum atomic E-state index is -0.309. The van der Waals surface area contributed by atoms with Gasteiger partial charge in [0.25, 0.3) is 0 Å². The lowest BCUT2D eigenvalue weighted by atomic mass is 9.90. The number of piperazine rings is 2. The third kappa shape index (κ3) is 3.02. The van der Waals surface area contributed by atoms with E-state index >= 15 is 0 Å². The molecular weight excluding hydrogens is 282 g/mol. The minimum absolute atomic E-state index is 0.102. The summed E-state index contributed by atoms with van der Waals surface area (Å²) in [5, 5.41) is 9.89. The maximum Gasteiger partial charge on any atom is 0.219 e. The quantitative estimate of drug-likeness (QED) is 0.763. The van der Waals surface area contributed by atoms with Crippen LogP contribution in [-0.4, -0.2) is 95.9 Å². The van der Waals surface area contributed by atoms with E-state index in [1.54, 1.807) is 6.92 Å². The molecule has 0 aromatic rings. The molecule has 0 radical (unpaired) electrons. The molecule has 3 rings (SSSR count). The SMILES string of the molecule is CC(=O)N1CC2CN(C3CCOCC3)CCN2C(C)(CO)C1. The maximum atomic E-state index is 11.9. The molecule has 2 unspecified atom stereocenters. The molecule has 0 aromatic heterocycles. The van der Waals surface area contributed by atoms with E-state index in [4.69, 9.17) is 4.74 Å². The number of hydrogen-bond acceptors (Lipinski definition) is 5. The van der Waals surface area contributed by atoms with Gasteiger partial charge in [-0.05, 0) is 19.8 Å². The molecule has 6 heteroatoms. The summed E-state index contributed by atoms with van der Waals surface area (Å²) in [5.41, 5.74) is -0.309. The third-order valence-corrected chi connectivity index (χ3v) is 5.66. The fraction of sp³-hybridized carbons (Fsp3) is 0.938. The second-order valence-corrected chi connectivity index (χ2v) is 7.24. The predicted molar refractivity (Wildman–Crippen MR) is 83.7 cm³/mol. The van der Waals surface area contributed by atoms with Crippen LogP contribution in [-0.2, 0) is 9.53 Å². The van der Waals surface area contributed by atoms with Crippen molar-refractivity contribution < 1.29 is 14.6 Å². The van der Waals surface area contributed by atoms with Gasteiger partial charge >= 0.3 is 0 Å². The van der Waals surface area contributed by atoms with Gasteiger partial charge in [0.05, 0.1) is 12.1 Å². The molecule has 0 aromatic carbocycles. The highest BCUT2D eigenvalue weighted by Crippen LogP contribution is 2.30. The van der Waals surface area contributed by atoms with Gasteiger partial charge in [0, 0.05) is 64.9 Å². The Labute approximate surface area is 133 Å². The minimum Gasteiger partial charge on any atom is -0.394 e. The fourth-order valence-corrected chi connectivity index (χ4v) is 4.33. The Morgan fingerprint density at radius 1 is 1.23 bits per heavy atom. The van der Waals surface area contributed by atoms with Gasteiger partial charge in [0.2, 0.25) is 5.91 Å². The van der Waals surface area contributed by atoms with Crippen molar-refractivity contribution in [1.82, 2.24) is 14.7 Å². The van der Waals surface area contributed by atoms with Gasteiger partial charge in [-0.2, -0.15) is 0 Å². The predicted octanol–water partition coefficient (Wildman–Crippen LogP) is -0.235. The normalized spacial score (nSPS) is 35.4. The topological polar surface area (TPSA) is 56.2 Å². The smallest absolute Gasteiger partial charge is 0.219 e. The number of nitrogens with zero attached hydrogens (tertiary/aromatic N) is 3. The Kier molecular flexibility index (Phi) is 4.73. The van der Waals surface area contributed by atoms with Crippen LogP contribution in [0.2, 0.25) is 0 Å². The van der Waals surface area contributed by atoms with Crippen molar-refractivity contribution in [3.63, 3.8) is 0 Å². The number of amides is 1. The van der Waals surface area contributed by atoms with Gasteiger partial charge in [0.1, 0.15) is 0 Å². The van der Waals surface area contributed by atoms with Gasteiger partial charge in [-0.25, -0.2) is 0 Å². The summed E-state index contributed by atoms with van der Waals surface area (Å²) < 4.78 is 5.47. The molecule has 3 heterocycles. The first-order valence-electron chi connectivity index (χ1n) is 8.48. The molecule has 22 heavy (non-hydrogen) atoms. The van der Waals surface area contributed by atoms with Crippen LogP contribution < -0.4 is 0 Å². The zero-order valence-electron chi connectivity index (χ0n) is 13.8. The first-order chi connectivity index (χ1) is 10.5. The van der Waals surface area contributed by atoms with Crippen LogP contribution in [0.5, 0.6) is 0 Å². The van der Waals surface area contributed by atoms with Crippen LogP contribution in [0.15, 0.2) is 0 Å². The summed E-state index contributed by atoms with van der Waals surface area (Å²) in [6.07, 6.45) is 2.22. The molecule has 0 aliphatic carbocycles. The Hall–Kier alpha value is -0.690. The van der Waals surface area contributed by atoms with Crippen LogP contribution in [0.3, 0.4) is 0 Å². The standard InChI is InChI=1S/C16H29N3O3/c1-13(21)18-10-15-9-17(14-3-7-22-8-4-14)5-6-19(15)16(2,11-18)12-20/h14-15,20H,3-12H2,1-2H3. The lowest BCUT2D eigenvalue weighted by molar-refractivity contribution is -0.145. The lowest BCUT2D eigenvalue weighted by Crippen LogP contribution is -2.72. The molecule has 0 bridgehead atoms. The monoisotopic (exact) mass is 311 g/mol. The summed E-state index contributed by atoms with van der Waals surface area (Å²) in [4.78, 5) is 18.8. The van der Waals surface area contributed by atoms with Crippen LogP contribution in [0.25, 0.3) is 0 Å². The molecule has 3 aliphatic heterocycles. The number of ether oxygens (including phenoxy) is 1. The van der Waals surface area contributed by atoms with Crippen molar-refractivity contribution in [3.05, 3.63) is 0 Å². The Morgan fingerprint density at radius 2 is 1.95 bits per heavy atom. The van der Waals surface area contributed by atoms with Crippen molar-refractivity contribution >= 4 is 5.91 Å². The van der Waals surface area contributed by atoms with E-state index < -0.39 is 0 Å². The zero-order chi connectivity index (χ0) is 15.7. The van der Waals surface area contributed by atoms with Gasteiger partial charge in [-0.1, -0.05) is 0 Å². The van der Waals surface area contributed by atoms with Gasteiger partial charge in [-0.15, -0.1) is 0 Å². The maximum absolute atomic E-state index is 11.9. The molecule has 3 fully saturated rings. The van der Waals surface area contributed by atoms with E-state index in [1.807, 2.05) is 4.90 Å². The average Bonchev–Trinajstić information content (AvgIpc) is 2.55. The first kappa shape index (κ1) is 16.2. The van der Waals surface area contributed by atoms with Crippen molar-refractivity contribution in [3.8, 4) is 0 Å². The van der Waals surface area contributed by atoms with Gasteiger partial charge < -0.3 is 14.7 Å². The van der Waals surface area contributed by atoms with E-state index in [2.05, 4.69) is 16.7 Å². The van der Waals surface area contributed by atoms with E-state index in [1.165, 1.54) is 0 Å². The van der Waals surface area contributed by atoms with Crippen LogP contribution in [0, 0.1) is 0 Å². The Bertz CT molecular complexity index is 413. The summed E-state index contributed by atoms with van der Waals surface area (Å²) in [5.74, 6) is 0.113. The Morgan fingerprint density at radius 3 is 2.59 bits per heavy atom. The molecule has 0 saturated carbocycles. The molecule has 3 aliphatic rings. The highest BCUT2D eigenvalue weighted by atomic mass is 16.5. The van der Waals surface area contributed by atoms with E-state index in [0.717, 1.165) is 52.2 Å². The van der Waals surface area contributed by atoms with E-state index in [9.17, 15) is 9.90 Å². The van der Waals surface area contributed by atoms with Crippen molar-refractivity contribution in [1.29, 1.82) is 0 Å². The zero-order valence-corrected chi connectivity index (χ0v) is 13.8. The van der Waals surface area contributed by atoms with Gasteiger partial charge in [-0.3, -0.25) is 14.6 Å². The molecule has 3 saturated heterocycles. The summed E-state index contributed by atoms with van der Waals surface area (Å²) in [7, 11) is 0. The van der Waals surface area contributed by atoms with Crippen molar-refractivity contribution in [2.24, 2.45) is 0 Å². The molecule has 1 N–H and O–H groups in total. The summed E-state index contributed by atoms with van der Waals surface area (Å²) >= 11 is 0. The third-order valence-electron chi connectivity index (χ3n) is 5.66. The summed E-state index contributed by atoms with van der Waals surface area (Å²) in [6, 6.07) is 0.940. The fourth-order valence-electron chi connectivity index (χ4n) is 4.33. The van der Waals surface area contributed by atoms with Crippen LogP contribution >= 0.6 is 0 Å². The highest BCUT2D eigenvalue weighted by molar-refractivity contribution is 5.73. The molecule has 1 amide bonds. The number of hydrogen-bond donors (Lipinski definition) is 1. The lowest BCUT2D eigenvalue weighted by Gasteiger charge is -2.57. The number of aliphatic hydroxyl groups excluding tert-OH is 1. The average molecular weight is 311 g/mol. The number of rotatable bonds is 2. The number of aliphatic hydroxyl groups is 1. The Balaban J connectivity index is 1.71. The highest BCUT2D eigenvalue weighted by Gasteiger charge is 2.46. The van der Waals surface area contributed by atoms with E-state index in [-0.39, 0.29) is 18.1 Å². The second-order valence-electron chi connectivity index (χ2n) is 7.24. The summed E-state index contributed by atoms with van der Waals surface area (Å²) in [6.45, 7) is 9.98. The number of carbonyl (C=O) groups is 1. The number of carbonyl (C=O) groups excluding carboxylic acids is 1. The van der Waals surface area contributed by atoms with Gasteiger partial charge in [0.15, 0.2) is 0 Å². The molecule has 2 atom stereocenters. The largest absolute Gasteiger partial charge is 0.394 e. The van der Waals surface area contributed by atoms with Crippen LogP contribution in [0.4, 0.5) is 0 Å².